The van der Waals surface area contributed by atoms with Crippen LogP contribution in [0, 0.1) is 0 Å². The van der Waals surface area contributed by atoms with Gasteiger partial charge in [0.05, 0.1) is 4.91 Å². The number of thiophene rings is 1. The van der Waals surface area contributed by atoms with Crippen LogP contribution in [-0.4, -0.2) is 38.4 Å². The molecule has 1 aliphatic rings. The van der Waals surface area contributed by atoms with E-state index in [9.17, 15) is 14.7 Å². The molecular formula is C11H9NO4S3. The van der Waals surface area contributed by atoms with E-state index in [-0.39, 0.29) is 5.91 Å². The molecule has 1 aromatic heterocycles. The first-order valence-electron chi connectivity index (χ1n) is 5.12. The van der Waals surface area contributed by atoms with Gasteiger partial charge < -0.3 is 10.2 Å². The molecule has 100 valence electrons. The number of aliphatic hydroxyl groups is 1. The first-order valence-corrected chi connectivity index (χ1v) is 7.16. The van der Waals surface area contributed by atoms with Gasteiger partial charge in [0, 0.05) is 16.8 Å². The molecule has 0 aliphatic carbocycles. The van der Waals surface area contributed by atoms with Crippen molar-refractivity contribution in [3.8, 4) is 0 Å². The molecule has 1 aromatic rings. The van der Waals surface area contributed by atoms with Crippen LogP contribution < -0.4 is 0 Å². The third-order valence-corrected chi connectivity index (χ3v) is 4.98. The van der Waals surface area contributed by atoms with Crippen molar-refractivity contribution in [1.82, 2.24) is 4.90 Å². The molecule has 8 heteroatoms. The third kappa shape index (κ3) is 2.86. The third-order valence-electron chi connectivity index (χ3n) is 2.41. The van der Waals surface area contributed by atoms with Gasteiger partial charge in [-0.1, -0.05) is 24.0 Å². The molecule has 1 unspecified atom stereocenters. The highest BCUT2D eigenvalue weighted by atomic mass is 32.2. The van der Waals surface area contributed by atoms with E-state index in [4.69, 9.17) is 17.3 Å². The van der Waals surface area contributed by atoms with Gasteiger partial charge in [0.15, 0.2) is 6.10 Å². The molecule has 1 saturated heterocycles. The maximum absolute atomic E-state index is 11.8. The Morgan fingerprint density at radius 2 is 2.21 bits per heavy atom. The van der Waals surface area contributed by atoms with Crippen LogP contribution >= 0.6 is 35.3 Å². The maximum Gasteiger partial charge on any atom is 0.338 e. The Bertz CT molecular complexity index is 593. The fraction of sp³-hybridized carbons (Fsp3) is 0.182. The molecule has 2 rings (SSSR count). The highest BCUT2D eigenvalue weighted by molar-refractivity contribution is 8.26. The lowest BCUT2D eigenvalue weighted by Crippen LogP contribution is -2.22. The van der Waals surface area contributed by atoms with Crippen LogP contribution in [0.25, 0.3) is 6.08 Å². The minimum absolute atomic E-state index is 0.177. The van der Waals surface area contributed by atoms with Crippen molar-refractivity contribution in [1.29, 1.82) is 0 Å². The first-order chi connectivity index (χ1) is 8.90. The Morgan fingerprint density at radius 1 is 1.53 bits per heavy atom. The number of aliphatic hydroxyl groups excluding tert-OH is 1. The minimum Gasteiger partial charge on any atom is -0.479 e. The lowest BCUT2D eigenvalue weighted by Gasteiger charge is -2.03. The van der Waals surface area contributed by atoms with E-state index in [1.807, 2.05) is 0 Å². The summed E-state index contributed by atoms with van der Waals surface area (Å²) < 4.78 is 0.485. The largest absolute Gasteiger partial charge is 0.479 e. The number of carboxylic acids is 1. The molecule has 0 spiro atoms. The Hall–Kier alpha value is -1.22. The predicted octanol–water partition coefficient (Wildman–Crippen LogP) is 1.70. The molecule has 2 heterocycles. The highest BCUT2D eigenvalue weighted by Gasteiger charge is 2.29. The smallest absolute Gasteiger partial charge is 0.338 e. The van der Waals surface area contributed by atoms with E-state index in [0.29, 0.717) is 19.0 Å². The monoisotopic (exact) mass is 315 g/mol. The van der Waals surface area contributed by atoms with Gasteiger partial charge in [-0.05, 0) is 18.2 Å². The van der Waals surface area contributed by atoms with E-state index >= 15 is 0 Å². The topological polar surface area (TPSA) is 77.8 Å². The molecule has 5 nitrogen and oxygen atoms in total. The van der Waals surface area contributed by atoms with Gasteiger partial charge >= 0.3 is 5.97 Å². The van der Waals surface area contributed by atoms with Crippen LogP contribution in [0.4, 0.5) is 0 Å². The van der Waals surface area contributed by atoms with Gasteiger partial charge in [0.2, 0.25) is 0 Å². The number of nitrogens with zero attached hydrogens (tertiary/aromatic N) is 1. The average Bonchev–Trinajstić information content (AvgIpc) is 2.91. The number of likely N-dealkylation sites (N-methyl/N-ethyl adjacent to an activating group) is 1. The van der Waals surface area contributed by atoms with Crippen LogP contribution in [0.3, 0.4) is 0 Å². The number of hydrogen-bond acceptors (Lipinski definition) is 6. The van der Waals surface area contributed by atoms with E-state index in [0.717, 1.165) is 11.3 Å². The lowest BCUT2D eigenvalue weighted by atomic mass is 10.3. The van der Waals surface area contributed by atoms with Gasteiger partial charge in [-0.3, -0.25) is 9.69 Å². The zero-order valence-corrected chi connectivity index (χ0v) is 12.1. The number of thioether (sulfide) groups is 1. The van der Waals surface area contributed by atoms with Gasteiger partial charge in [-0.15, -0.1) is 11.3 Å². The molecule has 1 aliphatic heterocycles. The summed E-state index contributed by atoms with van der Waals surface area (Å²) in [6.45, 7) is 0. The number of aliphatic carboxylic acids is 1. The molecule has 0 radical (unpaired) electrons. The molecule has 19 heavy (non-hydrogen) atoms. The van der Waals surface area contributed by atoms with Crippen LogP contribution in [0.2, 0.25) is 0 Å². The number of carboxylic acid groups (broad SMARTS) is 1. The summed E-state index contributed by atoms with van der Waals surface area (Å²) in [6, 6.07) is 3.19. The predicted molar refractivity (Wildman–Crippen MR) is 77.9 cm³/mol. The summed E-state index contributed by atoms with van der Waals surface area (Å²) in [4.78, 5) is 25.3. The highest BCUT2D eigenvalue weighted by Crippen LogP contribution is 2.33. The van der Waals surface area contributed by atoms with Crippen molar-refractivity contribution in [2.45, 2.75) is 6.10 Å². The van der Waals surface area contributed by atoms with Gasteiger partial charge in [0.1, 0.15) is 4.32 Å². The zero-order valence-electron chi connectivity index (χ0n) is 9.69. The number of carbonyl (C=O) groups excluding carboxylic acids is 1. The van der Waals surface area contributed by atoms with Crippen molar-refractivity contribution in [2.75, 3.05) is 7.05 Å². The normalized spacial score (nSPS) is 19.3. The zero-order chi connectivity index (χ0) is 14.2. The van der Waals surface area contributed by atoms with Crippen LogP contribution in [0.1, 0.15) is 15.9 Å². The Kier molecular flexibility index (Phi) is 4.04. The summed E-state index contributed by atoms with van der Waals surface area (Å²) in [5.41, 5.74) is 0. The van der Waals surface area contributed by atoms with E-state index in [1.54, 1.807) is 19.2 Å². The summed E-state index contributed by atoms with van der Waals surface area (Å²) in [6.07, 6.45) is 0.110. The Labute approximate surface area is 122 Å². The minimum atomic E-state index is -1.53. The lowest BCUT2D eigenvalue weighted by molar-refractivity contribution is -0.146. The van der Waals surface area contributed by atoms with Gasteiger partial charge in [0.25, 0.3) is 5.91 Å². The number of hydrogen-bond donors (Lipinski definition) is 2. The van der Waals surface area contributed by atoms with E-state index in [1.165, 1.54) is 22.7 Å². The van der Waals surface area contributed by atoms with Crippen molar-refractivity contribution < 1.29 is 19.8 Å². The maximum atomic E-state index is 11.8. The first kappa shape index (κ1) is 14.2. The number of thiocarbonyl (C=S) groups is 1. The van der Waals surface area contributed by atoms with Gasteiger partial charge in [-0.25, -0.2) is 4.79 Å². The summed E-state index contributed by atoms with van der Waals surface area (Å²) >= 11 is 7.33. The van der Waals surface area contributed by atoms with Crippen molar-refractivity contribution in [3.05, 3.63) is 26.8 Å². The molecule has 1 amide bonds. The number of rotatable bonds is 3. The van der Waals surface area contributed by atoms with Crippen LogP contribution in [-0.2, 0) is 9.59 Å². The molecule has 0 aromatic carbocycles. The fourth-order valence-electron chi connectivity index (χ4n) is 1.39. The average molecular weight is 315 g/mol. The molecule has 0 saturated carbocycles. The van der Waals surface area contributed by atoms with Crippen molar-refractivity contribution >= 4 is 57.6 Å². The molecule has 0 bridgehead atoms. The van der Waals surface area contributed by atoms with E-state index in [2.05, 4.69) is 0 Å². The van der Waals surface area contributed by atoms with Crippen LogP contribution in [0.15, 0.2) is 17.0 Å². The summed E-state index contributed by atoms with van der Waals surface area (Å²) in [7, 11) is 1.60. The van der Waals surface area contributed by atoms with Crippen molar-refractivity contribution in [3.63, 3.8) is 0 Å². The number of amides is 1. The molecular weight excluding hydrogens is 306 g/mol. The fourth-order valence-corrected chi connectivity index (χ4v) is 3.57. The second kappa shape index (κ2) is 5.41. The van der Waals surface area contributed by atoms with Crippen molar-refractivity contribution in [2.24, 2.45) is 0 Å². The summed E-state index contributed by atoms with van der Waals surface area (Å²) in [5.74, 6) is -1.47. The molecule has 1 atom stereocenters. The Balaban J connectivity index is 2.23. The molecule has 2 N–H and O–H groups in total. The standard InChI is InChI=1S/C11H9NO4S3/c1-12-9(14)7(19-11(12)17)4-5-2-3-6(18-5)8(13)10(15)16/h2-4,8,13H,1H3,(H,15,16)/b7-4-. The summed E-state index contributed by atoms with van der Waals surface area (Å²) in [5, 5.41) is 18.1. The quantitative estimate of drug-likeness (QED) is 0.653. The van der Waals surface area contributed by atoms with E-state index < -0.39 is 12.1 Å². The second-order valence-corrected chi connectivity index (χ2v) is 6.54. The second-order valence-electron chi connectivity index (χ2n) is 3.72. The SMILES string of the molecule is CN1C(=O)/C(=C/c2ccc(C(O)C(=O)O)s2)SC1=S. The van der Waals surface area contributed by atoms with Crippen LogP contribution in [0.5, 0.6) is 0 Å². The number of carbonyl (C=O) groups is 2. The molecule has 1 fully saturated rings. The Morgan fingerprint density at radius 3 is 2.74 bits per heavy atom. The van der Waals surface area contributed by atoms with Gasteiger partial charge in [-0.2, -0.15) is 0 Å².